The monoisotopic (exact) mass is 422 g/mol. The van der Waals surface area contributed by atoms with Crippen LogP contribution in [0.5, 0.6) is 0 Å². The number of thioether (sulfide) groups is 1. The molecule has 0 aromatic heterocycles. The highest BCUT2D eigenvalue weighted by Crippen LogP contribution is 2.37. The molecule has 6 N–H and O–H groups in total. The highest BCUT2D eigenvalue weighted by Gasteiger charge is 2.47. The van der Waals surface area contributed by atoms with Gasteiger partial charge >= 0.3 is 0 Å². The maximum absolute atomic E-state index is 10.4. The Morgan fingerprint density at radius 3 is 2.00 bits per heavy atom. The number of ether oxygens (including phenoxy) is 2. The van der Waals surface area contributed by atoms with Crippen molar-refractivity contribution in [1.29, 1.82) is 0 Å². The van der Waals surface area contributed by atoms with Crippen LogP contribution in [-0.4, -0.2) is 103 Å². The van der Waals surface area contributed by atoms with E-state index in [1.165, 1.54) is 0 Å². The van der Waals surface area contributed by atoms with Crippen LogP contribution >= 0.6 is 11.8 Å². The first-order valence-corrected chi connectivity index (χ1v) is 9.30. The molecule has 2 rings (SSSR count). The zero-order chi connectivity index (χ0) is 20.8. The molecule has 2 fully saturated rings. The quantitative estimate of drug-likeness (QED) is 0.163. The van der Waals surface area contributed by atoms with Crippen LogP contribution in [0.25, 0.3) is 20.9 Å². The molecule has 0 amide bonds. The average molecular weight is 422 g/mol. The minimum Gasteiger partial charge on any atom is -0.394 e. The van der Waals surface area contributed by atoms with Crippen molar-refractivity contribution >= 4 is 11.8 Å². The lowest BCUT2D eigenvalue weighted by atomic mass is 9.98. The van der Waals surface area contributed by atoms with Crippen LogP contribution in [0.4, 0.5) is 0 Å². The van der Waals surface area contributed by atoms with Crippen LogP contribution in [0.1, 0.15) is 6.42 Å². The number of rotatable bonds is 6. The number of aliphatic hydroxyl groups excluding tert-OH is 6. The van der Waals surface area contributed by atoms with Crippen molar-refractivity contribution in [2.75, 3.05) is 13.2 Å². The fraction of sp³-hybridized carbons (Fsp3) is 1.00. The lowest BCUT2D eigenvalue weighted by Gasteiger charge is -2.41. The van der Waals surface area contributed by atoms with Crippen LogP contribution in [0.2, 0.25) is 0 Å². The Hall–Kier alpha value is -1.35. The molecule has 0 aromatic carbocycles. The number of hydrogen-bond acceptors (Lipinski definition) is 11. The summed E-state index contributed by atoms with van der Waals surface area (Å²) in [6.07, 6.45) is -8.13. The number of hydrogen-bond donors (Lipinski definition) is 6. The summed E-state index contributed by atoms with van der Waals surface area (Å²) in [6.45, 7) is -1.25. The molecule has 2 aliphatic rings. The van der Waals surface area contributed by atoms with E-state index in [0.29, 0.717) is 0 Å². The van der Waals surface area contributed by atoms with E-state index in [2.05, 4.69) is 20.1 Å². The molecule has 158 valence electrons. The van der Waals surface area contributed by atoms with Gasteiger partial charge in [-0.15, -0.1) is 0 Å². The second kappa shape index (κ2) is 10.4. The van der Waals surface area contributed by atoms with Crippen molar-refractivity contribution in [2.24, 2.45) is 10.2 Å². The van der Waals surface area contributed by atoms with E-state index in [-0.39, 0.29) is 6.42 Å². The van der Waals surface area contributed by atoms with Gasteiger partial charge in [-0.1, -0.05) is 22.0 Å². The molecule has 0 saturated carbocycles. The molecule has 5 unspecified atom stereocenters. The molecule has 15 heteroatoms. The van der Waals surface area contributed by atoms with Crippen LogP contribution in [-0.2, 0) is 9.47 Å². The van der Waals surface area contributed by atoms with E-state index >= 15 is 0 Å². The van der Waals surface area contributed by atoms with Gasteiger partial charge in [0.15, 0.2) is 0 Å². The summed E-state index contributed by atoms with van der Waals surface area (Å²) in [5.74, 6) is 0. The maximum Gasteiger partial charge on any atom is 0.132 e. The van der Waals surface area contributed by atoms with Gasteiger partial charge in [-0.25, -0.2) is 0 Å². The fourth-order valence-electron chi connectivity index (χ4n) is 3.05. The Kier molecular flexibility index (Phi) is 8.55. The Morgan fingerprint density at radius 2 is 1.43 bits per heavy atom. The van der Waals surface area contributed by atoms with Gasteiger partial charge in [0.05, 0.1) is 43.6 Å². The van der Waals surface area contributed by atoms with Crippen LogP contribution in [0, 0.1) is 0 Å². The molecule has 14 nitrogen and oxygen atoms in total. The molecule has 10 atom stereocenters. The van der Waals surface area contributed by atoms with Crippen molar-refractivity contribution in [3.8, 4) is 0 Å². The zero-order valence-corrected chi connectivity index (χ0v) is 15.3. The molecule has 0 aromatic rings. The fourth-order valence-corrected chi connectivity index (χ4v) is 4.35. The van der Waals surface area contributed by atoms with Crippen molar-refractivity contribution in [1.82, 2.24) is 0 Å². The highest BCUT2D eigenvalue weighted by atomic mass is 32.2. The van der Waals surface area contributed by atoms with E-state index in [0.717, 1.165) is 11.8 Å². The first-order valence-electron chi connectivity index (χ1n) is 8.36. The van der Waals surface area contributed by atoms with Gasteiger partial charge in [-0.05, 0) is 17.5 Å². The van der Waals surface area contributed by atoms with Gasteiger partial charge in [0.25, 0.3) is 0 Å². The lowest BCUT2D eigenvalue weighted by molar-refractivity contribution is -0.161. The Labute approximate surface area is 162 Å². The van der Waals surface area contributed by atoms with E-state index in [9.17, 15) is 30.6 Å². The molecule has 2 aliphatic heterocycles. The SMILES string of the molecule is [N-]=[N+]=NC1CC(O)[C@H](S[C@@H]2O[C@H](CO)C(O)C(N=[N+]=[N-])[C@H]2O)OC(CO)[C@@H]1O. The van der Waals surface area contributed by atoms with Crippen molar-refractivity contribution in [3.05, 3.63) is 20.9 Å². The molecular formula is C13H22N6O8S. The number of nitrogens with zero attached hydrogens (tertiary/aromatic N) is 6. The normalized spacial score (nSPS) is 44.1. The van der Waals surface area contributed by atoms with Crippen LogP contribution in [0.15, 0.2) is 10.2 Å². The third kappa shape index (κ3) is 4.97. The highest BCUT2D eigenvalue weighted by molar-refractivity contribution is 8.00. The Morgan fingerprint density at radius 1 is 0.857 bits per heavy atom. The van der Waals surface area contributed by atoms with Gasteiger partial charge in [-0.3, -0.25) is 0 Å². The summed E-state index contributed by atoms with van der Waals surface area (Å²) in [5, 5.41) is 66.6. The summed E-state index contributed by atoms with van der Waals surface area (Å²) in [4.78, 5) is 5.18. The van der Waals surface area contributed by atoms with E-state index in [1.54, 1.807) is 0 Å². The molecule has 28 heavy (non-hydrogen) atoms. The van der Waals surface area contributed by atoms with Gasteiger partial charge in [-0.2, -0.15) is 0 Å². The van der Waals surface area contributed by atoms with E-state index < -0.39 is 72.8 Å². The van der Waals surface area contributed by atoms with Crippen LogP contribution in [0.3, 0.4) is 0 Å². The van der Waals surface area contributed by atoms with Gasteiger partial charge < -0.3 is 40.1 Å². The van der Waals surface area contributed by atoms with Crippen LogP contribution < -0.4 is 0 Å². The minimum absolute atomic E-state index is 0.186. The second-order valence-electron chi connectivity index (χ2n) is 6.33. The predicted molar refractivity (Wildman–Crippen MR) is 93.6 cm³/mol. The van der Waals surface area contributed by atoms with E-state index in [4.69, 9.17) is 20.5 Å². The van der Waals surface area contributed by atoms with Gasteiger partial charge in [0.1, 0.15) is 29.2 Å². The smallest absolute Gasteiger partial charge is 0.132 e. The summed E-state index contributed by atoms with van der Waals surface area (Å²) in [7, 11) is 0. The molecule has 2 saturated heterocycles. The number of azide groups is 2. The zero-order valence-electron chi connectivity index (χ0n) is 14.5. The molecule has 0 aliphatic carbocycles. The summed E-state index contributed by atoms with van der Waals surface area (Å²) >= 11 is 0.756. The minimum atomic E-state index is -1.50. The van der Waals surface area contributed by atoms with Crippen molar-refractivity contribution in [2.45, 2.75) is 66.0 Å². The number of aliphatic hydroxyl groups is 6. The second-order valence-corrected chi connectivity index (χ2v) is 7.53. The Balaban J connectivity index is 2.21. The van der Waals surface area contributed by atoms with Crippen molar-refractivity contribution in [3.63, 3.8) is 0 Å². The summed E-state index contributed by atoms with van der Waals surface area (Å²) in [5.41, 5.74) is 14.9. The Bertz CT molecular complexity index is 620. The maximum atomic E-state index is 10.4. The average Bonchev–Trinajstić information content (AvgIpc) is 2.79. The molecule has 2 heterocycles. The van der Waals surface area contributed by atoms with E-state index in [1.807, 2.05) is 0 Å². The predicted octanol–water partition coefficient (Wildman–Crippen LogP) is -1.65. The molecule has 0 bridgehead atoms. The lowest BCUT2D eigenvalue weighted by Crippen LogP contribution is -2.57. The molecular weight excluding hydrogens is 400 g/mol. The third-order valence-corrected chi connectivity index (χ3v) is 5.91. The van der Waals surface area contributed by atoms with Gasteiger partial charge in [0, 0.05) is 9.82 Å². The first-order chi connectivity index (χ1) is 13.4. The van der Waals surface area contributed by atoms with Crippen molar-refractivity contribution < 1.29 is 40.1 Å². The standard InChI is InChI=1S/C13H22N6O8S/c14-18-16-4-1-5(22)12(26-6(2-20)9(4)23)28-13-11(25)8(17-19-15)10(24)7(3-21)27-13/h4-13,20-25H,1-3H2/t4?,5?,6?,7-,8?,9-,10?,11-,12+,13+/m1/s1. The summed E-state index contributed by atoms with van der Waals surface area (Å²) in [6, 6.07) is -2.37. The van der Waals surface area contributed by atoms with Gasteiger partial charge in [0.2, 0.25) is 0 Å². The topological polar surface area (TPSA) is 237 Å². The molecule has 0 radical (unpaired) electrons. The summed E-state index contributed by atoms with van der Waals surface area (Å²) < 4.78 is 10.9. The third-order valence-electron chi connectivity index (χ3n) is 4.56. The molecule has 0 spiro atoms. The largest absolute Gasteiger partial charge is 0.394 e. The first kappa shape index (κ1) is 22.9.